The van der Waals surface area contributed by atoms with Gasteiger partial charge in [-0.05, 0) is 24.3 Å². The quantitative estimate of drug-likeness (QED) is 0.566. The van der Waals surface area contributed by atoms with Gasteiger partial charge < -0.3 is 9.80 Å². The fraction of sp³-hybridized carbons (Fsp3) is 0.240. The van der Waals surface area contributed by atoms with E-state index in [0.717, 1.165) is 17.1 Å². The Labute approximate surface area is 191 Å². The highest BCUT2D eigenvalue weighted by Crippen LogP contribution is 2.23. The van der Waals surface area contributed by atoms with Crippen LogP contribution < -0.4 is 4.90 Å². The first-order chi connectivity index (χ1) is 16.1. The van der Waals surface area contributed by atoms with Gasteiger partial charge in [-0.15, -0.1) is 10.2 Å². The molecule has 2 aliphatic heterocycles. The Morgan fingerprint density at radius 1 is 0.758 bits per heavy atom. The van der Waals surface area contributed by atoms with Gasteiger partial charge in [0.2, 0.25) is 5.91 Å². The molecule has 0 atom stereocenters. The van der Waals surface area contributed by atoms with Crippen molar-refractivity contribution in [2.24, 2.45) is 0 Å². The van der Waals surface area contributed by atoms with Gasteiger partial charge in [0.1, 0.15) is 0 Å². The third-order valence-electron chi connectivity index (χ3n) is 6.10. The largest absolute Gasteiger partial charge is 0.352 e. The minimum absolute atomic E-state index is 0.0586. The van der Waals surface area contributed by atoms with Gasteiger partial charge >= 0.3 is 0 Å². The average molecular weight is 441 g/mol. The molecule has 3 aromatic rings. The number of imide groups is 1. The highest BCUT2D eigenvalue weighted by atomic mass is 16.2. The van der Waals surface area contributed by atoms with Crippen molar-refractivity contribution in [3.8, 4) is 11.3 Å². The number of nitrogens with zero attached hydrogens (tertiary/aromatic N) is 5. The normalized spacial score (nSPS) is 15.7. The highest BCUT2D eigenvalue weighted by molar-refractivity contribution is 6.21. The molecule has 2 aliphatic rings. The monoisotopic (exact) mass is 441 g/mol. The van der Waals surface area contributed by atoms with Crippen LogP contribution in [0.25, 0.3) is 11.3 Å². The molecule has 3 amide bonds. The number of fused-ring (bicyclic) bond motifs is 1. The van der Waals surface area contributed by atoms with E-state index in [4.69, 9.17) is 0 Å². The third kappa shape index (κ3) is 4.07. The van der Waals surface area contributed by atoms with E-state index in [9.17, 15) is 14.4 Å². The van der Waals surface area contributed by atoms with Crippen LogP contribution in [0.4, 0.5) is 5.82 Å². The summed E-state index contributed by atoms with van der Waals surface area (Å²) in [7, 11) is 0. The molecule has 1 aromatic heterocycles. The van der Waals surface area contributed by atoms with Crippen molar-refractivity contribution in [3.63, 3.8) is 0 Å². The van der Waals surface area contributed by atoms with Crippen LogP contribution in [-0.4, -0.2) is 70.4 Å². The predicted molar refractivity (Wildman–Crippen MR) is 123 cm³/mol. The zero-order valence-electron chi connectivity index (χ0n) is 18.1. The number of aromatic nitrogens is 2. The smallest absolute Gasteiger partial charge is 0.261 e. The van der Waals surface area contributed by atoms with Gasteiger partial charge in [-0.1, -0.05) is 42.5 Å². The minimum Gasteiger partial charge on any atom is -0.352 e. The standard InChI is InChI=1S/C25H23N5O3/c31-23(12-13-30-24(32)19-8-4-5-9-20(19)25(30)33)29-16-14-28(15-17-29)22-11-10-21(26-27-22)18-6-2-1-3-7-18/h1-11H,12-17H2. The molecular formula is C25H23N5O3. The third-order valence-corrected chi connectivity index (χ3v) is 6.10. The predicted octanol–water partition coefficient (Wildman–Crippen LogP) is 2.48. The van der Waals surface area contributed by atoms with Gasteiger partial charge in [-0.2, -0.15) is 0 Å². The van der Waals surface area contributed by atoms with Crippen LogP contribution in [0.2, 0.25) is 0 Å². The second-order valence-corrected chi connectivity index (χ2v) is 8.07. The molecule has 8 heteroatoms. The van der Waals surface area contributed by atoms with Crippen LogP contribution in [0.3, 0.4) is 0 Å². The average Bonchev–Trinajstić information content (AvgIpc) is 3.13. The van der Waals surface area contributed by atoms with Crippen molar-refractivity contribution in [2.45, 2.75) is 6.42 Å². The van der Waals surface area contributed by atoms with Gasteiger partial charge in [0.25, 0.3) is 11.8 Å². The molecule has 2 aromatic carbocycles. The van der Waals surface area contributed by atoms with Crippen molar-refractivity contribution in [1.29, 1.82) is 0 Å². The van der Waals surface area contributed by atoms with E-state index in [1.807, 2.05) is 42.5 Å². The first-order valence-corrected chi connectivity index (χ1v) is 11.0. The van der Waals surface area contributed by atoms with Gasteiger partial charge in [-0.3, -0.25) is 19.3 Å². The lowest BCUT2D eigenvalue weighted by molar-refractivity contribution is -0.131. The molecule has 0 N–H and O–H groups in total. The summed E-state index contributed by atoms with van der Waals surface area (Å²) in [5.74, 6) is 0.0704. The molecule has 0 radical (unpaired) electrons. The Hall–Kier alpha value is -4.07. The summed E-state index contributed by atoms with van der Waals surface area (Å²) in [4.78, 5) is 42.7. The number of hydrogen-bond acceptors (Lipinski definition) is 6. The summed E-state index contributed by atoms with van der Waals surface area (Å²) in [5.41, 5.74) is 2.65. The number of carbonyl (C=O) groups is 3. The minimum atomic E-state index is -0.328. The first kappa shape index (κ1) is 20.8. The maximum absolute atomic E-state index is 12.7. The molecule has 0 unspecified atom stereocenters. The fourth-order valence-corrected chi connectivity index (χ4v) is 4.25. The Morgan fingerprint density at radius 2 is 1.39 bits per heavy atom. The molecule has 8 nitrogen and oxygen atoms in total. The van der Waals surface area contributed by atoms with Crippen molar-refractivity contribution >= 4 is 23.5 Å². The van der Waals surface area contributed by atoms with Crippen LogP contribution in [0, 0.1) is 0 Å². The molecule has 0 saturated carbocycles. The molecule has 166 valence electrons. The molecule has 3 heterocycles. The molecule has 1 saturated heterocycles. The number of hydrogen-bond donors (Lipinski definition) is 0. The van der Waals surface area contributed by atoms with Crippen LogP contribution in [0.5, 0.6) is 0 Å². The molecule has 5 rings (SSSR count). The number of anilines is 1. The van der Waals surface area contributed by atoms with E-state index in [0.29, 0.717) is 37.3 Å². The summed E-state index contributed by atoms with van der Waals surface area (Å²) in [6.07, 6.45) is 0.122. The van der Waals surface area contributed by atoms with Crippen LogP contribution in [0.15, 0.2) is 66.7 Å². The highest BCUT2D eigenvalue weighted by Gasteiger charge is 2.35. The van der Waals surface area contributed by atoms with Gasteiger partial charge in [-0.25, -0.2) is 0 Å². The Morgan fingerprint density at radius 3 is 2.00 bits per heavy atom. The van der Waals surface area contributed by atoms with Crippen LogP contribution in [-0.2, 0) is 4.79 Å². The second kappa shape index (κ2) is 8.82. The van der Waals surface area contributed by atoms with Gasteiger partial charge in [0, 0.05) is 44.7 Å². The van der Waals surface area contributed by atoms with Gasteiger partial charge in [0.15, 0.2) is 5.82 Å². The molecule has 1 fully saturated rings. The zero-order valence-corrected chi connectivity index (χ0v) is 18.1. The van der Waals surface area contributed by atoms with Crippen molar-refractivity contribution in [2.75, 3.05) is 37.6 Å². The van der Waals surface area contributed by atoms with E-state index in [1.165, 1.54) is 4.90 Å². The maximum Gasteiger partial charge on any atom is 0.261 e. The van der Waals surface area contributed by atoms with E-state index in [2.05, 4.69) is 15.1 Å². The van der Waals surface area contributed by atoms with E-state index >= 15 is 0 Å². The fourth-order valence-electron chi connectivity index (χ4n) is 4.25. The summed E-state index contributed by atoms with van der Waals surface area (Å²) in [5, 5.41) is 8.71. The Balaban J connectivity index is 1.14. The lowest BCUT2D eigenvalue weighted by Crippen LogP contribution is -2.49. The molecular weight excluding hydrogens is 418 g/mol. The summed E-state index contributed by atoms with van der Waals surface area (Å²) >= 11 is 0. The molecule has 33 heavy (non-hydrogen) atoms. The summed E-state index contributed by atoms with van der Waals surface area (Å²) < 4.78 is 0. The first-order valence-electron chi connectivity index (χ1n) is 11.0. The van der Waals surface area contributed by atoms with Gasteiger partial charge in [0.05, 0.1) is 16.8 Å². The Kier molecular flexibility index (Phi) is 5.56. The lowest BCUT2D eigenvalue weighted by atomic mass is 10.1. The number of amides is 3. The van der Waals surface area contributed by atoms with E-state index in [-0.39, 0.29) is 30.7 Å². The number of carbonyl (C=O) groups excluding carboxylic acids is 3. The van der Waals surface area contributed by atoms with Crippen molar-refractivity contribution < 1.29 is 14.4 Å². The maximum atomic E-state index is 12.7. The van der Waals surface area contributed by atoms with E-state index < -0.39 is 0 Å². The molecule has 0 aliphatic carbocycles. The number of benzene rings is 2. The van der Waals surface area contributed by atoms with Crippen molar-refractivity contribution in [3.05, 3.63) is 77.9 Å². The Bertz CT molecular complexity index is 1150. The summed E-state index contributed by atoms with van der Waals surface area (Å²) in [6, 6.07) is 20.6. The van der Waals surface area contributed by atoms with Crippen LogP contribution in [0.1, 0.15) is 27.1 Å². The summed E-state index contributed by atoms with van der Waals surface area (Å²) in [6.45, 7) is 2.51. The van der Waals surface area contributed by atoms with E-state index in [1.54, 1.807) is 29.2 Å². The zero-order chi connectivity index (χ0) is 22.8. The number of rotatable bonds is 5. The molecule has 0 spiro atoms. The lowest BCUT2D eigenvalue weighted by Gasteiger charge is -2.35. The van der Waals surface area contributed by atoms with Crippen LogP contribution >= 0.6 is 0 Å². The topological polar surface area (TPSA) is 86.7 Å². The SMILES string of the molecule is O=C(CCN1C(=O)c2ccccc2C1=O)N1CCN(c2ccc(-c3ccccc3)nn2)CC1. The molecule has 0 bridgehead atoms. The number of piperazine rings is 1. The second-order valence-electron chi connectivity index (χ2n) is 8.07. The van der Waals surface area contributed by atoms with Crippen molar-refractivity contribution in [1.82, 2.24) is 20.0 Å².